The van der Waals surface area contributed by atoms with Crippen LogP contribution in [0.15, 0.2) is 52.1 Å². The molecule has 118 valence electrons. The molecule has 1 aliphatic heterocycles. The van der Waals surface area contributed by atoms with Crippen LogP contribution in [0.3, 0.4) is 0 Å². The third-order valence-corrected chi connectivity index (χ3v) is 7.39. The molecule has 6 heteroatoms. The number of sulfonamides is 1. The van der Waals surface area contributed by atoms with Gasteiger partial charge < -0.3 is 5.11 Å². The van der Waals surface area contributed by atoms with Crippen LogP contribution in [0.2, 0.25) is 0 Å². The molecule has 1 saturated heterocycles. The Hall–Kier alpha value is -1.21. The van der Waals surface area contributed by atoms with Crippen molar-refractivity contribution in [2.24, 2.45) is 0 Å². The van der Waals surface area contributed by atoms with Gasteiger partial charge >= 0.3 is 0 Å². The minimum absolute atomic E-state index is 0.137. The number of aliphatic hydroxyl groups excluding tert-OH is 1. The molecule has 0 bridgehead atoms. The molecule has 3 rings (SSSR count). The van der Waals surface area contributed by atoms with Crippen molar-refractivity contribution >= 4 is 21.4 Å². The molecular weight excluding hydrogens is 318 g/mol. The minimum Gasteiger partial charge on any atom is -0.388 e. The molecule has 0 amide bonds. The number of aliphatic hydroxyl groups is 1. The maximum Gasteiger partial charge on any atom is 0.252 e. The zero-order valence-corrected chi connectivity index (χ0v) is 13.8. The van der Waals surface area contributed by atoms with E-state index >= 15 is 0 Å². The molecule has 0 spiro atoms. The van der Waals surface area contributed by atoms with Crippen LogP contribution in [0.25, 0.3) is 0 Å². The first kappa shape index (κ1) is 15.7. The average Bonchev–Trinajstić information content (AvgIpc) is 3.20. The van der Waals surface area contributed by atoms with E-state index in [2.05, 4.69) is 0 Å². The maximum atomic E-state index is 12.7. The molecule has 1 aromatic heterocycles. The van der Waals surface area contributed by atoms with Crippen molar-refractivity contribution in [3.8, 4) is 0 Å². The van der Waals surface area contributed by atoms with Crippen LogP contribution in [-0.4, -0.2) is 30.4 Å². The van der Waals surface area contributed by atoms with Gasteiger partial charge in [0.2, 0.25) is 0 Å². The molecule has 22 heavy (non-hydrogen) atoms. The number of hydrogen-bond acceptors (Lipinski definition) is 4. The van der Waals surface area contributed by atoms with E-state index in [-0.39, 0.29) is 6.04 Å². The van der Waals surface area contributed by atoms with Crippen LogP contribution in [0, 0.1) is 0 Å². The Morgan fingerprint density at radius 1 is 1.23 bits per heavy atom. The molecule has 4 nitrogen and oxygen atoms in total. The fraction of sp³-hybridized carbons (Fsp3) is 0.375. The van der Waals surface area contributed by atoms with Crippen molar-refractivity contribution in [3.05, 3.63) is 53.4 Å². The van der Waals surface area contributed by atoms with Crippen molar-refractivity contribution in [2.75, 3.05) is 6.54 Å². The van der Waals surface area contributed by atoms with E-state index in [0.717, 1.165) is 18.4 Å². The first-order valence-corrected chi connectivity index (χ1v) is 9.69. The summed E-state index contributed by atoms with van der Waals surface area (Å²) in [6.45, 7) is 0.534. The molecule has 1 fully saturated rings. The lowest BCUT2D eigenvalue weighted by Crippen LogP contribution is -2.36. The molecule has 1 aromatic carbocycles. The van der Waals surface area contributed by atoms with Gasteiger partial charge in [-0.25, -0.2) is 8.42 Å². The Bertz CT molecular complexity index is 698. The molecule has 1 aliphatic rings. The molecule has 2 atom stereocenters. The van der Waals surface area contributed by atoms with Crippen LogP contribution in [0.1, 0.15) is 30.9 Å². The average molecular weight is 337 g/mol. The van der Waals surface area contributed by atoms with Crippen LogP contribution in [-0.2, 0) is 10.0 Å². The van der Waals surface area contributed by atoms with Gasteiger partial charge in [-0.1, -0.05) is 36.4 Å². The Balaban J connectivity index is 1.77. The zero-order chi connectivity index (χ0) is 15.6. The Morgan fingerprint density at radius 2 is 2.00 bits per heavy atom. The third kappa shape index (κ3) is 3.10. The summed E-state index contributed by atoms with van der Waals surface area (Å²) < 4.78 is 27.3. The first-order valence-electron chi connectivity index (χ1n) is 7.37. The molecule has 0 unspecified atom stereocenters. The highest BCUT2D eigenvalue weighted by molar-refractivity contribution is 7.91. The highest BCUT2D eigenvalue weighted by Crippen LogP contribution is 2.33. The Morgan fingerprint density at radius 3 is 2.68 bits per heavy atom. The summed E-state index contributed by atoms with van der Waals surface area (Å²) in [6, 6.07) is 12.7. The molecule has 0 radical (unpaired) electrons. The van der Waals surface area contributed by atoms with Crippen molar-refractivity contribution in [2.45, 2.75) is 35.6 Å². The van der Waals surface area contributed by atoms with Gasteiger partial charge in [-0.05, 0) is 36.3 Å². The normalized spacial score (nSPS) is 21.0. The van der Waals surface area contributed by atoms with Crippen LogP contribution in [0.5, 0.6) is 0 Å². The minimum atomic E-state index is -3.43. The van der Waals surface area contributed by atoms with E-state index < -0.39 is 16.1 Å². The van der Waals surface area contributed by atoms with E-state index in [1.165, 1.54) is 11.3 Å². The molecule has 1 N–H and O–H groups in total. The monoisotopic (exact) mass is 337 g/mol. The van der Waals surface area contributed by atoms with E-state index in [4.69, 9.17) is 0 Å². The van der Waals surface area contributed by atoms with Crippen LogP contribution in [0.4, 0.5) is 0 Å². The van der Waals surface area contributed by atoms with Gasteiger partial charge in [-0.2, -0.15) is 4.31 Å². The van der Waals surface area contributed by atoms with Crippen molar-refractivity contribution in [1.29, 1.82) is 0 Å². The molecule has 2 aromatic rings. The van der Waals surface area contributed by atoms with Gasteiger partial charge in [0, 0.05) is 12.6 Å². The number of hydrogen-bond donors (Lipinski definition) is 1. The number of benzene rings is 1. The lowest BCUT2D eigenvalue weighted by molar-refractivity contribution is 0.142. The van der Waals surface area contributed by atoms with Crippen LogP contribution >= 0.6 is 11.3 Å². The lowest BCUT2D eigenvalue weighted by Gasteiger charge is -2.25. The van der Waals surface area contributed by atoms with E-state index in [1.807, 2.05) is 30.3 Å². The largest absolute Gasteiger partial charge is 0.388 e. The topological polar surface area (TPSA) is 57.6 Å². The predicted octanol–water partition coefficient (Wildman–Crippen LogP) is 3.02. The zero-order valence-electron chi connectivity index (χ0n) is 12.1. The van der Waals surface area contributed by atoms with Gasteiger partial charge in [-0.15, -0.1) is 11.3 Å². The van der Waals surface area contributed by atoms with Crippen LogP contribution < -0.4 is 0 Å². The smallest absolute Gasteiger partial charge is 0.252 e. The highest BCUT2D eigenvalue weighted by Gasteiger charge is 2.36. The molecule has 0 aliphatic carbocycles. The summed E-state index contributed by atoms with van der Waals surface area (Å²) >= 11 is 1.24. The van der Waals surface area contributed by atoms with Gasteiger partial charge in [-0.3, -0.25) is 0 Å². The van der Waals surface area contributed by atoms with E-state index in [1.54, 1.807) is 21.8 Å². The second-order valence-electron chi connectivity index (χ2n) is 5.51. The highest BCUT2D eigenvalue weighted by atomic mass is 32.2. The summed E-state index contributed by atoms with van der Waals surface area (Å²) in [5.74, 6) is 0. The van der Waals surface area contributed by atoms with Crippen molar-refractivity contribution in [1.82, 2.24) is 4.31 Å². The summed E-state index contributed by atoms with van der Waals surface area (Å²) in [7, 11) is -3.43. The Labute approximate surface area is 135 Å². The summed E-state index contributed by atoms with van der Waals surface area (Å²) in [5, 5.41) is 12.2. The number of thiophene rings is 1. The Kier molecular flexibility index (Phi) is 4.63. The first-order chi connectivity index (χ1) is 10.6. The van der Waals surface area contributed by atoms with E-state index in [0.29, 0.717) is 17.2 Å². The third-order valence-electron chi connectivity index (χ3n) is 4.06. The van der Waals surface area contributed by atoms with E-state index in [9.17, 15) is 13.5 Å². The molecular formula is C16H19NO3S2. The SMILES string of the molecule is O=S(=O)(c1cccs1)N1CCC[C@@H]1C[C@H](O)c1ccccc1. The quantitative estimate of drug-likeness (QED) is 0.912. The fourth-order valence-corrected chi connectivity index (χ4v) is 5.78. The number of rotatable bonds is 5. The lowest BCUT2D eigenvalue weighted by atomic mass is 10.0. The standard InChI is InChI=1S/C16H19NO3S2/c18-15(13-6-2-1-3-7-13)12-14-8-4-10-17(14)22(19,20)16-9-5-11-21-16/h1-3,5-7,9,11,14-15,18H,4,8,10,12H2/t14-,15+/m1/s1. The molecule has 0 saturated carbocycles. The van der Waals surface area contributed by atoms with Gasteiger partial charge in [0.25, 0.3) is 10.0 Å². The van der Waals surface area contributed by atoms with Gasteiger partial charge in [0.05, 0.1) is 6.10 Å². The fourth-order valence-electron chi connectivity index (χ4n) is 2.96. The summed E-state index contributed by atoms with van der Waals surface area (Å²) in [5.41, 5.74) is 0.836. The maximum absolute atomic E-state index is 12.7. The number of nitrogens with zero attached hydrogens (tertiary/aromatic N) is 1. The predicted molar refractivity (Wildman–Crippen MR) is 87.3 cm³/mol. The van der Waals surface area contributed by atoms with Gasteiger partial charge in [0.1, 0.15) is 4.21 Å². The van der Waals surface area contributed by atoms with Crippen molar-refractivity contribution < 1.29 is 13.5 Å². The molecule has 2 heterocycles. The van der Waals surface area contributed by atoms with Gasteiger partial charge in [0.15, 0.2) is 0 Å². The van der Waals surface area contributed by atoms with Crippen molar-refractivity contribution in [3.63, 3.8) is 0 Å². The second kappa shape index (κ2) is 6.50. The second-order valence-corrected chi connectivity index (χ2v) is 8.57. The summed E-state index contributed by atoms with van der Waals surface area (Å²) in [6.07, 6.45) is 1.45. The summed E-state index contributed by atoms with van der Waals surface area (Å²) in [4.78, 5) is 0.